The van der Waals surface area contributed by atoms with Gasteiger partial charge in [0.05, 0.1) is 0 Å². The summed E-state index contributed by atoms with van der Waals surface area (Å²) in [6, 6.07) is 18.2. The average Bonchev–Trinajstić information content (AvgIpc) is 2.40. The van der Waals surface area contributed by atoms with Gasteiger partial charge >= 0.3 is 0 Å². The van der Waals surface area contributed by atoms with Gasteiger partial charge in [0.15, 0.2) is 5.11 Å². The highest BCUT2D eigenvalue weighted by molar-refractivity contribution is 7.80. The molecule has 0 aromatic heterocycles. The van der Waals surface area contributed by atoms with Crippen LogP contribution in [0.3, 0.4) is 0 Å². The molecule has 0 unspecified atom stereocenters. The third kappa shape index (κ3) is 4.07. The summed E-state index contributed by atoms with van der Waals surface area (Å²) in [5, 5.41) is 6.93. The van der Waals surface area contributed by atoms with Gasteiger partial charge in [-0.1, -0.05) is 44.2 Å². The molecular weight excluding hydrogens is 252 g/mol. The molecule has 2 aromatic rings. The fourth-order valence-electron chi connectivity index (χ4n) is 1.77. The number of nitrogens with one attached hydrogen (secondary N) is 2. The molecule has 3 heteroatoms. The maximum absolute atomic E-state index is 5.28. The van der Waals surface area contributed by atoms with E-state index in [0.29, 0.717) is 11.0 Å². The molecule has 2 N–H and O–H groups in total. The monoisotopic (exact) mass is 270 g/mol. The third-order valence-corrected chi connectivity index (χ3v) is 3.07. The second-order valence-corrected chi connectivity index (χ2v) is 5.13. The number of thiocarbonyl (C=S) groups is 1. The average molecular weight is 270 g/mol. The number of hydrogen-bond acceptors (Lipinski definition) is 1. The Balaban J connectivity index is 1.95. The summed E-state index contributed by atoms with van der Waals surface area (Å²) in [6.07, 6.45) is 0. The van der Waals surface area contributed by atoms with Gasteiger partial charge < -0.3 is 10.6 Å². The Morgan fingerprint density at radius 1 is 0.842 bits per heavy atom. The van der Waals surface area contributed by atoms with Gasteiger partial charge in [-0.05, 0) is 48.0 Å². The lowest BCUT2D eigenvalue weighted by Crippen LogP contribution is -2.18. The van der Waals surface area contributed by atoms with Crippen LogP contribution in [-0.2, 0) is 0 Å². The van der Waals surface area contributed by atoms with E-state index < -0.39 is 0 Å². The Morgan fingerprint density at radius 2 is 1.37 bits per heavy atom. The molecule has 2 aromatic carbocycles. The second kappa shape index (κ2) is 6.34. The van der Waals surface area contributed by atoms with Crippen molar-refractivity contribution in [2.75, 3.05) is 10.6 Å². The van der Waals surface area contributed by atoms with Gasteiger partial charge in [-0.25, -0.2) is 0 Å². The molecule has 0 heterocycles. The van der Waals surface area contributed by atoms with Crippen LogP contribution >= 0.6 is 12.2 Å². The van der Waals surface area contributed by atoms with Crippen LogP contribution < -0.4 is 10.6 Å². The molecule has 0 bridgehead atoms. The summed E-state index contributed by atoms with van der Waals surface area (Å²) in [5.74, 6) is 0.545. The van der Waals surface area contributed by atoms with Crippen LogP contribution in [-0.4, -0.2) is 5.11 Å². The van der Waals surface area contributed by atoms with Crippen molar-refractivity contribution in [1.29, 1.82) is 0 Å². The van der Waals surface area contributed by atoms with E-state index >= 15 is 0 Å². The van der Waals surface area contributed by atoms with Crippen molar-refractivity contribution in [3.05, 3.63) is 60.2 Å². The zero-order valence-electron chi connectivity index (χ0n) is 11.2. The Morgan fingerprint density at radius 3 is 1.89 bits per heavy atom. The van der Waals surface area contributed by atoms with E-state index in [2.05, 4.69) is 36.6 Å². The van der Waals surface area contributed by atoms with Gasteiger partial charge in [0.25, 0.3) is 0 Å². The molecule has 2 nitrogen and oxygen atoms in total. The molecule has 2 rings (SSSR count). The Hall–Kier alpha value is -1.87. The van der Waals surface area contributed by atoms with Gasteiger partial charge in [0.1, 0.15) is 0 Å². The fourth-order valence-corrected chi connectivity index (χ4v) is 2.00. The van der Waals surface area contributed by atoms with Gasteiger partial charge in [-0.3, -0.25) is 0 Å². The number of rotatable bonds is 3. The van der Waals surface area contributed by atoms with E-state index in [4.69, 9.17) is 12.2 Å². The number of hydrogen-bond donors (Lipinski definition) is 2. The molecule has 0 spiro atoms. The molecule has 0 atom stereocenters. The first kappa shape index (κ1) is 13.6. The first-order valence-corrected chi connectivity index (χ1v) is 6.79. The minimum absolute atomic E-state index is 0.545. The molecule has 0 saturated heterocycles. The smallest absolute Gasteiger partial charge is 0.175 e. The van der Waals surface area contributed by atoms with Crippen LogP contribution in [0.25, 0.3) is 0 Å². The van der Waals surface area contributed by atoms with Crippen molar-refractivity contribution in [1.82, 2.24) is 0 Å². The molecule has 0 aliphatic heterocycles. The summed E-state index contributed by atoms with van der Waals surface area (Å²) in [7, 11) is 0. The molecule has 0 radical (unpaired) electrons. The van der Waals surface area contributed by atoms with Gasteiger partial charge in [0, 0.05) is 11.4 Å². The normalized spacial score (nSPS) is 10.3. The van der Waals surface area contributed by atoms with Gasteiger partial charge in [0.2, 0.25) is 0 Å². The van der Waals surface area contributed by atoms with E-state index in [9.17, 15) is 0 Å². The molecule has 19 heavy (non-hydrogen) atoms. The van der Waals surface area contributed by atoms with Crippen molar-refractivity contribution in [2.24, 2.45) is 0 Å². The van der Waals surface area contributed by atoms with Crippen LogP contribution in [0, 0.1) is 0 Å². The topological polar surface area (TPSA) is 24.1 Å². The lowest BCUT2D eigenvalue weighted by molar-refractivity contribution is 0.867. The lowest BCUT2D eigenvalue weighted by atomic mass is 10.0. The van der Waals surface area contributed by atoms with Crippen molar-refractivity contribution in [2.45, 2.75) is 19.8 Å². The number of para-hydroxylation sites is 1. The van der Waals surface area contributed by atoms with Crippen LogP contribution in [0.2, 0.25) is 0 Å². The molecule has 0 aliphatic carbocycles. The van der Waals surface area contributed by atoms with Crippen molar-refractivity contribution >= 4 is 28.7 Å². The quantitative estimate of drug-likeness (QED) is 0.796. The second-order valence-electron chi connectivity index (χ2n) is 4.72. The van der Waals surface area contributed by atoms with E-state index in [0.717, 1.165) is 11.4 Å². The Kier molecular flexibility index (Phi) is 4.53. The SMILES string of the molecule is CC(C)c1ccc(NC(=S)Nc2ccccc2)cc1. The maximum atomic E-state index is 5.28. The fraction of sp³-hybridized carbons (Fsp3) is 0.188. The molecule has 0 aliphatic rings. The minimum Gasteiger partial charge on any atom is -0.332 e. The first-order chi connectivity index (χ1) is 9.15. The van der Waals surface area contributed by atoms with Crippen molar-refractivity contribution in [3.8, 4) is 0 Å². The first-order valence-electron chi connectivity index (χ1n) is 6.38. The highest BCUT2D eigenvalue weighted by atomic mass is 32.1. The number of anilines is 2. The molecule has 0 fully saturated rings. The molecule has 0 saturated carbocycles. The van der Waals surface area contributed by atoms with Crippen LogP contribution in [0.5, 0.6) is 0 Å². The van der Waals surface area contributed by atoms with E-state index in [1.54, 1.807) is 0 Å². The summed E-state index contributed by atoms with van der Waals surface area (Å²) in [5.41, 5.74) is 3.31. The van der Waals surface area contributed by atoms with Gasteiger partial charge in [-0.2, -0.15) is 0 Å². The van der Waals surface area contributed by atoms with Gasteiger partial charge in [-0.15, -0.1) is 0 Å². The largest absolute Gasteiger partial charge is 0.332 e. The third-order valence-electron chi connectivity index (χ3n) is 2.87. The highest BCUT2D eigenvalue weighted by Crippen LogP contribution is 2.17. The molecular formula is C16H18N2S. The van der Waals surface area contributed by atoms with E-state index in [1.807, 2.05) is 42.5 Å². The Labute approximate surface area is 119 Å². The zero-order chi connectivity index (χ0) is 13.7. The maximum Gasteiger partial charge on any atom is 0.175 e. The van der Waals surface area contributed by atoms with Crippen LogP contribution in [0.1, 0.15) is 25.3 Å². The Bertz CT molecular complexity index is 532. The summed E-state index contributed by atoms with van der Waals surface area (Å²) in [4.78, 5) is 0. The summed E-state index contributed by atoms with van der Waals surface area (Å²) in [6.45, 7) is 4.37. The summed E-state index contributed by atoms with van der Waals surface area (Å²) < 4.78 is 0. The van der Waals surface area contributed by atoms with E-state index in [1.165, 1.54) is 5.56 Å². The standard InChI is InChI=1S/C16H18N2S/c1-12(2)13-8-10-15(11-9-13)18-16(19)17-14-6-4-3-5-7-14/h3-12H,1-2H3,(H2,17,18,19). The highest BCUT2D eigenvalue weighted by Gasteiger charge is 2.01. The molecule has 0 amide bonds. The zero-order valence-corrected chi connectivity index (χ0v) is 12.0. The predicted octanol–water partition coefficient (Wildman–Crippen LogP) is 4.62. The van der Waals surface area contributed by atoms with Crippen LogP contribution in [0.15, 0.2) is 54.6 Å². The predicted molar refractivity (Wildman–Crippen MR) is 86.8 cm³/mol. The van der Waals surface area contributed by atoms with Crippen LogP contribution in [0.4, 0.5) is 11.4 Å². The number of benzene rings is 2. The van der Waals surface area contributed by atoms with E-state index in [-0.39, 0.29) is 0 Å². The van der Waals surface area contributed by atoms with Crippen molar-refractivity contribution in [3.63, 3.8) is 0 Å². The molecule has 98 valence electrons. The van der Waals surface area contributed by atoms with Crippen molar-refractivity contribution < 1.29 is 0 Å². The summed E-state index contributed by atoms with van der Waals surface area (Å²) >= 11 is 5.28. The lowest BCUT2D eigenvalue weighted by Gasteiger charge is -2.11. The minimum atomic E-state index is 0.545.